The van der Waals surface area contributed by atoms with Crippen LogP contribution in [0.3, 0.4) is 0 Å². The topological polar surface area (TPSA) is 51.1 Å². The lowest BCUT2D eigenvalue weighted by atomic mass is 10.1. The molecule has 5 heteroatoms. The van der Waals surface area contributed by atoms with Gasteiger partial charge < -0.3 is 5.32 Å². The number of carbonyl (C=O) groups excluding carboxylic acids is 1. The van der Waals surface area contributed by atoms with Crippen LogP contribution in [0.2, 0.25) is 0 Å². The van der Waals surface area contributed by atoms with E-state index in [1.807, 2.05) is 18.2 Å². The van der Waals surface area contributed by atoms with Gasteiger partial charge in [0, 0.05) is 7.97 Å². The molecule has 2 aromatic rings. The minimum Gasteiger partial charge on any atom is -0.337 e. The second-order valence-corrected chi connectivity index (χ2v) is 5.81. The summed E-state index contributed by atoms with van der Waals surface area (Å²) in [6.45, 7) is 2.80. The van der Waals surface area contributed by atoms with Crippen molar-refractivity contribution in [3.8, 4) is 0 Å². The number of aromatic nitrogens is 1. The third-order valence-electron chi connectivity index (χ3n) is 3.25. The fraction of sp³-hybridized carbons (Fsp3) is 0.467. The Kier molecular flexibility index (Phi) is 5.35. The molecular weight excluding hydrogens is 272 g/mol. The summed E-state index contributed by atoms with van der Waals surface area (Å²) in [5, 5.41) is 2.83. The summed E-state index contributed by atoms with van der Waals surface area (Å²) >= 11 is 1.10. The van der Waals surface area contributed by atoms with Gasteiger partial charge in [0.2, 0.25) is 0 Å². The molecule has 0 unspecified atom stereocenters. The molecule has 1 N–H and O–H groups in total. The molecule has 2 rings (SSSR count). The number of nitrogens with zero attached hydrogens (tertiary/aromatic N) is 1. The van der Waals surface area contributed by atoms with Gasteiger partial charge in [-0.3, -0.25) is 4.79 Å². The second kappa shape index (κ2) is 7.24. The highest BCUT2D eigenvalue weighted by Gasteiger charge is 2.12. The molecule has 0 spiro atoms. The molecule has 20 heavy (non-hydrogen) atoms. The highest BCUT2D eigenvalue weighted by atomic mass is 32.1. The monoisotopic (exact) mass is 294 g/mol. The summed E-state index contributed by atoms with van der Waals surface area (Å²) in [6, 6.07) is 7.05. The van der Waals surface area contributed by atoms with Gasteiger partial charge in [0.15, 0.2) is 0 Å². The maximum absolute atomic E-state index is 12.1. The van der Waals surface area contributed by atoms with E-state index >= 15 is 0 Å². The summed E-state index contributed by atoms with van der Waals surface area (Å²) in [5.74, 6) is 0. The van der Waals surface area contributed by atoms with Crippen molar-refractivity contribution in [3.63, 3.8) is 0 Å². The average molecular weight is 294 g/mol. The first kappa shape index (κ1) is 14.8. The van der Waals surface area contributed by atoms with Crippen molar-refractivity contribution < 1.29 is 6.22 Å². The number of amides is 1. The van der Waals surface area contributed by atoms with E-state index in [1.54, 1.807) is 6.07 Å². The number of thiazole rings is 1. The summed E-state index contributed by atoms with van der Waals surface area (Å²) in [4.78, 5) is 23.7. The maximum atomic E-state index is 12.1. The highest BCUT2D eigenvalue weighted by molar-refractivity contribution is 7.16. The molecule has 0 aliphatic heterocycles. The van der Waals surface area contributed by atoms with Crippen molar-refractivity contribution >= 4 is 27.6 Å². The molecule has 0 fully saturated rings. The second-order valence-electron chi connectivity index (χ2n) is 4.82. The van der Waals surface area contributed by atoms with Gasteiger partial charge in [-0.1, -0.05) is 56.1 Å². The van der Waals surface area contributed by atoms with E-state index in [0.29, 0.717) is 12.1 Å². The number of para-hydroxylation sites is 1. The quantitative estimate of drug-likeness (QED) is 0.823. The molecular formula is C15H22N2O2S. The van der Waals surface area contributed by atoms with Gasteiger partial charge in [0.05, 0.1) is 10.2 Å². The largest absolute Gasteiger partial charge is 0.337 e. The van der Waals surface area contributed by atoms with E-state index in [1.165, 1.54) is 23.8 Å². The molecule has 1 heterocycles. The van der Waals surface area contributed by atoms with E-state index in [-0.39, 0.29) is 12.3 Å². The Morgan fingerprint density at radius 1 is 1.25 bits per heavy atom. The number of unbranched alkanes of at least 4 members (excludes halogenated alkanes) is 4. The number of nitrogens with one attached hydrogen (secondary N) is 1. The number of benzene rings is 1. The van der Waals surface area contributed by atoms with Gasteiger partial charge in [-0.15, -0.1) is 0 Å². The summed E-state index contributed by atoms with van der Waals surface area (Å²) < 4.78 is 2.07. The van der Waals surface area contributed by atoms with Gasteiger partial charge in [-0.2, -0.15) is 0 Å². The normalized spacial score (nSPS) is 10.8. The lowest BCUT2D eigenvalue weighted by Crippen LogP contribution is -2.34. The van der Waals surface area contributed by atoms with Crippen molar-refractivity contribution in [2.75, 3.05) is 6.54 Å². The van der Waals surface area contributed by atoms with Gasteiger partial charge >= 0.3 is 10.9 Å². The van der Waals surface area contributed by atoms with E-state index in [4.69, 9.17) is 0 Å². The predicted molar refractivity (Wildman–Crippen MR) is 85.8 cm³/mol. The molecule has 0 atom stereocenters. The van der Waals surface area contributed by atoms with Crippen LogP contribution in [-0.4, -0.2) is 17.1 Å². The highest BCUT2D eigenvalue weighted by Crippen LogP contribution is 2.15. The molecule has 0 bridgehead atoms. The zero-order valence-electron chi connectivity index (χ0n) is 11.7. The van der Waals surface area contributed by atoms with Crippen LogP contribution in [0.4, 0.5) is 4.79 Å². The molecule has 1 aromatic carbocycles. The fourth-order valence-corrected chi connectivity index (χ4v) is 3.03. The van der Waals surface area contributed by atoms with Crippen molar-refractivity contribution in [2.45, 2.75) is 39.0 Å². The lowest BCUT2D eigenvalue weighted by Gasteiger charge is -2.05. The standard InChI is InChI=1S/C15H20N2O2S.H2/c1-2-3-4-5-8-11-16-14(18)17-12-9-6-7-10-13(12)20-15(17)19;/h6-7,9-10H,2-5,8,11H2,1H3,(H,16,18);1H. The third kappa shape index (κ3) is 3.48. The first-order valence-electron chi connectivity index (χ1n) is 7.13. The molecule has 0 aliphatic carbocycles. The third-order valence-corrected chi connectivity index (χ3v) is 4.17. The molecule has 0 aliphatic rings. The number of hydrogen-bond acceptors (Lipinski definition) is 3. The van der Waals surface area contributed by atoms with E-state index in [0.717, 1.165) is 28.9 Å². The first-order chi connectivity index (χ1) is 9.74. The van der Waals surface area contributed by atoms with Crippen LogP contribution in [0, 0.1) is 0 Å². The van der Waals surface area contributed by atoms with Crippen LogP contribution < -0.4 is 10.2 Å². The molecule has 0 radical (unpaired) electrons. The van der Waals surface area contributed by atoms with Crippen LogP contribution in [0.25, 0.3) is 10.2 Å². The molecule has 1 aromatic heterocycles. The number of hydrogen-bond donors (Lipinski definition) is 1. The summed E-state index contributed by atoms with van der Waals surface area (Å²) in [6.07, 6.45) is 5.73. The Morgan fingerprint density at radius 2 is 2.00 bits per heavy atom. The Labute approximate surface area is 123 Å². The number of rotatable bonds is 6. The summed E-state index contributed by atoms with van der Waals surface area (Å²) in [7, 11) is 0. The molecule has 1 amide bonds. The Hall–Kier alpha value is -1.62. The number of carbonyl (C=O) groups is 1. The maximum Gasteiger partial charge on any atom is 0.329 e. The van der Waals surface area contributed by atoms with E-state index < -0.39 is 0 Å². The molecule has 0 saturated heterocycles. The molecule has 110 valence electrons. The average Bonchev–Trinajstić information content (AvgIpc) is 2.78. The minimum absolute atomic E-state index is 0. The summed E-state index contributed by atoms with van der Waals surface area (Å²) in [5.41, 5.74) is 0.686. The van der Waals surface area contributed by atoms with Crippen LogP contribution in [0.5, 0.6) is 0 Å². The van der Waals surface area contributed by atoms with Crippen LogP contribution in [0.15, 0.2) is 29.1 Å². The van der Waals surface area contributed by atoms with Crippen LogP contribution in [-0.2, 0) is 0 Å². The Balaban J connectivity index is 0.00000220. The SMILES string of the molecule is CCCCCCCNC(=O)n1c(=O)sc2ccccc21.[HH]. The van der Waals surface area contributed by atoms with Crippen LogP contribution >= 0.6 is 11.3 Å². The smallest absolute Gasteiger partial charge is 0.329 e. The van der Waals surface area contributed by atoms with Crippen molar-refractivity contribution in [2.24, 2.45) is 0 Å². The van der Waals surface area contributed by atoms with Gasteiger partial charge in [0.25, 0.3) is 0 Å². The molecule has 0 saturated carbocycles. The zero-order valence-corrected chi connectivity index (χ0v) is 12.5. The Morgan fingerprint density at radius 3 is 2.80 bits per heavy atom. The minimum atomic E-state index is -0.317. The zero-order chi connectivity index (χ0) is 14.4. The lowest BCUT2D eigenvalue weighted by molar-refractivity contribution is 0.242. The van der Waals surface area contributed by atoms with E-state index in [2.05, 4.69) is 12.2 Å². The number of fused-ring (bicyclic) bond motifs is 1. The predicted octanol–water partition coefficient (Wildman–Crippen LogP) is 3.84. The molecule has 4 nitrogen and oxygen atoms in total. The van der Waals surface area contributed by atoms with Gasteiger partial charge in [0.1, 0.15) is 0 Å². The van der Waals surface area contributed by atoms with Crippen molar-refractivity contribution in [1.82, 2.24) is 9.88 Å². The Bertz CT molecular complexity index is 636. The van der Waals surface area contributed by atoms with Gasteiger partial charge in [-0.05, 0) is 18.6 Å². The fourth-order valence-electron chi connectivity index (χ4n) is 2.16. The first-order valence-corrected chi connectivity index (χ1v) is 7.94. The van der Waals surface area contributed by atoms with Gasteiger partial charge in [-0.25, -0.2) is 9.36 Å². The van der Waals surface area contributed by atoms with Crippen LogP contribution in [0.1, 0.15) is 40.5 Å². The van der Waals surface area contributed by atoms with E-state index in [9.17, 15) is 9.59 Å². The van der Waals surface area contributed by atoms with Crippen molar-refractivity contribution in [1.29, 1.82) is 0 Å². The van der Waals surface area contributed by atoms with Crippen molar-refractivity contribution in [3.05, 3.63) is 33.9 Å².